The first kappa shape index (κ1) is 34.9. The minimum atomic E-state index is -0.524. The quantitative estimate of drug-likeness (QED) is 0.162. The van der Waals surface area contributed by atoms with Crippen molar-refractivity contribution in [3.63, 3.8) is 0 Å². The predicted molar refractivity (Wildman–Crippen MR) is 242 cm³/mol. The third-order valence-corrected chi connectivity index (χ3v) is 12.6. The molecule has 11 aromatic rings. The average Bonchev–Trinajstić information content (AvgIpc) is 3.99. The maximum atomic E-state index is 6.52. The molecule has 1 aliphatic heterocycles. The minimum Gasteiger partial charge on any atom is -0.456 e. The summed E-state index contributed by atoms with van der Waals surface area (Å²) in [6.07, 6.45) is 0. The molecule has 0 bridgehead atoms. The fourth-order valence-electron chi connectivity index (χ4n) is 9.01. The Morgan fingerprint density at radius 2 is 1.08 bits per heavy atom. The number of nitrogens with zero attached hydrogens (tertiary/aromatic N) is 5. The molecule has 5 heterocycles. The van der Waals surface area contributed by atoms with Gasteiger partial charge < -0.3 is 18.3 Å². The van der Waals surface area contributed by atoms with Gasteiger partial charge in [-0.15, -0.1) is 0 Å². The Kier molecular flexibility index (Phi) is 7.40. The van der Waals surface area contributed by atoms with Gasteiger partial charge in [0.1, 0.15) is 11.2 Å². The molecule has 4 aromatic heterocycles. The highest BCUT2D eigenvalue weighted by atomic mass is 16.7. The maximum Gasteiger partial charge on any atom is 0.494 e. The Morgan fingerprint density at radius 3 is 1.78 bits per heavy atom. The number of fused-ring (bicyclic) bond motifs is 10. The summed E-state index contributed by atoms with van der Waals surface area (Å²) in [4.78, 5) is 16.0. The van der Waals surface area contributed by atoms with E-state index in [1.54, 1.807) is 0 Å². The topological polar surface area (TPSA) is 80.1 Å². The van der Waals surface area contributed by atoms with Crippen molar-refractivity contribution >= 4 is 78.1 Å². The Bertz CT molecular complexity index is 3500. The number of furan rings is 1. The molecular formula is C51H38BN5O3. The van der Waals surface area contributed by atoms with Crippen LogP contribution in [0.15, 0.2) is 162 Å². The second-order valence-corrected chi connectivity index (χ2v) is 16.7. The van der Waals surface area contributed by atoms with Gasteiger partial charge in [-0.3, -0.25) is 4.57 Å². The molecule has 9 heteroatoms. The molecule has 0 amide bonds. The number of benzene rings is 7. The highest BCUT2D eigenvalue weighted by molar-refractivity contribution is 6.62. The monoisotopic (exact) mass is 779 g/mol. The van der Waals surface area contributed by atoms with Crippen LogP contribution >= 0.6 is 0 Å². The Labute approximate surface area is 345 Å². The summed E-state index contributed by atoms with van der Waals surface area (Å²) < 4.78 is 24.1. The number of hydrogen-bond acceptors (Lipinski definition) is 6. The average molecular weight is 780 g/mol. The summed E-state index contributed by atoms with van der Waals surface area (Å²) in [5.74, 6) is 1.63. The van der Waals surface area contributed by atoms with E-state index in [1.165, 1.54) is 5.39 Å². The molecule has 60 heavy (non-hydrogen) atoms. The first-order chi connectivity index (χ1) is 29.2. The first-order valence-electron chi connectivity index (χ1n) is 20.4. The Balaban J connectivity index is 1.16. The third-order valence-electron chi connectivity index (χ3n) is 12.6. The van der Waals surface area contributed by atoms with Gasteiger partial charge in [0.25, 0.3) is 0 Å². The van der Waals surface area contributed by atoms with Crippen LogP contribution in [0, 0.1) is 0 Å². The molecule has 0 saturated carbocycles. The van der Waals surface area contributed by atoms with Crippen molar-refractivity contribution in [3.05, 3.63) is 158 Å². The van der Waals surface area contributed by atoms with Gasteiger partial charge in [-0.2, -0.15) is 9.97 Å². The summed E-state index contributed by atoms with van der Waals surface area (Å²) in [6.45, 7) is 8.29. The van der Waals surface area contributed by atoms with Crippen molar-refractivity contribution in [1.29, 1.82) is 0 Å². The Morgan fingerprint density at radius 1 is 0.483 bits per heavy atom. The van der Waals surface area contributed by atoms with Crippen LogP contribution in [0.3, 0.4) is 0 Å². The molecule has 0 N–H and O–H groups in total. The van der Waals surface area contributed by atoms with Crippen LogP contribution in [0.4, 0.5) is 0 Å². The third kappa shape index (κ3) is 5.09. The van der Waals surface area contributed by atoms with E-state index in [2.05, 4.69) is 140 Å². The van der Waals surface area contributed by atoms with E-state index in [9.17, 15) is 0 Å². The molecule has 0 unspecified atom stereocenters. The van der Waals surface area contributed by atoms with E-state index in [1.807, 2.05) is 54.6 Å². The lowest BCUT2D eigenvalue weighted by Gasteiger charge is -2.32. The van der Waals surface area contributed by atoms with E-state index in [-0.39, 0.29) is 0 Å². The normalized spacial score (nSPS) is 15.1. The molecule has 1 aliphatic rings. The van der Waals surface area contributed by atoms with Crippen molar-refractivity contribution in [3.8, 4) is 34.4 Å². The molecule has 7 aromatic carbocycles. The van der Waals surface area contributed by atoms with Gasteiger partial charge in [-0.25, -0.2) is 4.98 Å². The van der Waals surface area contributed by atoms with Crippen LogP contribution in [0.5, 0.6) is 0 Å². The smallest absolute Gasteiger partial charge is 0.456 e. The van der Waals surface area contributed by atoms with Gasteiger partial charge in [0.15, 0.2) is 11.6 Å². The van der Waals surface area contributed by atoms with Crippen LogP contribution in [0.2, 0.25) is 0 Å². The largest absolute Gasteiger partial charge is 0.494 e. The van der Waals surface area contributed by atoms with Crippen LogP contribution < -0.4 is 5.46 Å². The molecule has 0 radical (unpaired) electrons. The lowest BCUT2D eigenvalue weighted by Crippen LogP contribution is -2.41. The summed E-state index contributed by atoms with van der Waals surface area (Å²) >= 11 is 0. The minimum absolute atomic E-state index is 0.473. The van der Waals surface area contributed by atoms with Gasteiger partial charge >= 0.3 is 7.12 Å². The number of hydrogen-bond donors (Lipinski definition) is 0. The fraction of sp³-hybridized carbons (Fsp3) is 0.118. The molecule has 0 spiro atoms. The lowest BCUT2D eigenvalue weighted by atomic mass is 9.78. The van der Waals surface area contributed by atoms with Crippen LogP contribution in [-0.4, -0.2) is 42.4 Å². The predicted octanol–water partition coefficient (Wildman–Crippen LogP) is 11.6. The highest BCUT2D eigenvalue weighted by Crippen LogP contribution is 2.43. The van der Waals surface area contributed by atoms with Gasteiger partial charge in [-0.05, 0) is 69.6 Å². The SMILES string of the molecule is CC1(C)OB(c2ccc3oc4cccc(-c5nc(-c6ccccc6)nc(-n6c7ccccc7c7ccc8c9ccccc9n(-c9ccccc9)c8c76)n5)c4c3c2)OC1(C)C. The molecule has 1 fully saturated rings. The number of para-hydroxylation sites is 3. The van der Waals surface area contributed by atoms with Crippen molar-refractivity contribution < 1.29 is 13.7 Å². The van der Waals surface area contributed by atoms with Gasteiger partial charge in [0, 0.05) is 49.1 Å². The van der Waals surface area contributed by atoms with Crippen molar-refractivity contribution in [2.45, 2.75) is 38.9 Å². The van der Waals surface area contributed by atoms with E-state index in [0.29, 0.717) is 17.6 Å². The zero-order chi connectivity index (χ0) is 40.3. The number of rotatable bonds is 5. The van der Waals surface area contributed by atoms with Crippen molar-refractivity contribution in [2.24, 2.45) is 0 Å². The second kappa shape index (κ2) is 12.7. The van der Waals surface area contributed by atoms with E-state index >= 15 is 0 Å². The standard InChI is InChI=1S/C51H38BN5O3/c1-50(2)51(3,4)60-52(59-50)32-26-29-42-39(30-32)44-38(22-15-25-43(44)58-42)48-53-47(31-16-7-5-8-17-31)54-49(55-48)57-41-24-14-12-21-35(41)37-28-27-36-34-20-11-13-23-40(34)56(45(36)46(37)57)33-18-9-6-10-19-33/h5-30H,1-4H3. The molecule has 8 nitrogen and oxygen atoms in total. The summed E-state index contributed by atoms with van der Waals surface area (Å²) in [6, 6.07) is 54.6. The van der Waals surface area contributed by atoms with E-state index < -0.39 is 18.3 Å². The molecule has 0 atom stereocenters. The number of aromatic nitrogens is 5. The van der Waals surface area contributed by atoms with E-state index in [0.717, 1.165) is 82.4 Å². The van der Waals surface area contributed by atoms with Crippen LogP contribution in [0.1, 0.15) is 27.7 Å². The van der Waals surface area contributed by atoms with Gasteiger partial charge in [0.2, 0.25) is 5.95 Å². The molecule has 0 aliphatic carbocycles. The maximum absolute atomic E-state index is 6.52. The zero-order valence-corrected chi connectivity index (χ0v) is 33.5. The zero-order valence-electron chi connectivity index (χ0n) is 33.5. The lowest BCUT2D eigenvalue weighted by molar-refractivity contribution is 0.00578. The second-order valence-electron chi connectivity index (χ2n) is 16.7. The Hall–Kier alpha value is -7.07. The molecule has 1 saturated heterocycles. The summed E-state index contributed by atoms with van der Waals surface area (Å²) in [5, 5.41) is 6.39. The fourth-order valence-corrected chi connectivity index (χ4v) is 9.01. The van der Waals surface area contributed by atoms with Crippen molar-refractivity contribution in [1.82, 2.24) is 24.1 Å². The summed E-state index contributed by atoms with van der Waals surface area (Å²) in [5.41, 5.74) is 8.50. The highest BCUT2D eigenvalue weighted by Gasteiger charge is 2.51. The first-order valence-corrected chi connectivity index (χ1v) is 20.4. The molecule has 288 valence electrons. The van der Waals surface area contributed by atoms with E-state index in [4.69, 9.17) is 28.7 Å². The van der Waals surface area contributed by atoms with Gasteiger partial charge in [-0.1, -0.05) is 121 Å². The molecule has 12 rings (SSSR count). The molecular weight excluding hydrogens is 741 g/mol. The van der Waals surface area contributed by atoms with Crippen LogP contribution in [0.25, 0.3) is 100.0 Å². The van der Waals surface area contributed by atoms with Crippen LogP contribution in [-0.2, 0) is 9.31 Å². The summed E-state index contributed by atoms with van der Waals surface area (Å²) in [7, 11) is -0.524. The van der Waals surface area contributed by atoms with Gasteiger partial charge in [0.05, 0.1) is 33.3 Å². The van der Waals surface area contributed by atoms with Crippen molar-refractivity contribution in [2.75, 3.05) is 0 Å².